The number of piperidine rings is 1. The predicted molar refractivity (Wildman–Crippen MR) is 90.0 cm³/mol. The minimum Gasteiger partial charge on any atom is -0.297 e. The van der Waals surface area contributed by atoms with E-state index in [1.165, 1.54) is 18.5 Å². The van der Waals surface area contributed by atoms with Crippen LogP contribution < -0.4 is 0 Å². The third kappa shape index (κ3) is 2.97. The van der Waals surface area contributed by atoms with Gasteiger partial charge < -0.3 is 0 Å². The lowest BCUT2D eigenvalue weighted by Crippen LogP contribution is -2.34. The van der Waals surface area contributed by atoms with Crippen molar-refractivity contribution < 1.29 is 0 Å². The van der Waals surface area contributed by atoms with Crippen molar-refractivity contribution in [1.82, 2.24) is 24.6 Å². The second-order valence-corrected chi connectivity index (χ2v) is 6.30. The summed E-state index contributed by atoms with van der Waals surface area (Å²) >= 11 is 0. The van der Waals surface area contributed by atoms with Gasteiger partial charge in [0.2, 0.25) is 0 Å². The number of fused-ring (bicyclic) bond motifs is 1. The standard InChI is InChI=1S/C18H21N5/c1-22-18(8-9-20-22)14-5-4-10-23(12-14)13-15-11-19-16-6-2-3-7-17(16)21-15/h2-3,6-9,11,14H,4-5,10,12-13H2,1H3. The first-order valence-electron chi connectivity index (χ1n) is 8.20. The maximum Gasteiger partial charge on any atom is 0.0890 e. The van der Waals surface area contributed by atoms with Crippen LogP contribution >= 0.6 is 0 Å². The Balaban J connectivity index is 1.50. The summed E-state index contributed by atoms with van der Waals surface area (Å²) in [6.07, 6.45) is 6.26. The summed E-state index contributed by atoms with van der Waals surface area (Å²) in [5.74, 6) is 0.560. The largest absolute Gasteiger partial charge is 0.297 e. The van der Waals surface area contributed by atoms with E-state index < -0.39 is 0 Å². The van der Waals surface area contributed by atoms with E-state index in [9.17, 15) is 0 Å². The van der Waals surface area contributed by atoms with Gasteiger partial charge in [-0.1, -0.05) is 12.1 Å². The molecule has 3 aromatic rings. The molecule has 1 atom stereocenters. The Labute approximate surface area is 136 Å². The fraction of sp³-hybridized carbons (Fsp3) is 0.389. The summed E-state index contributed by atoms with van der Waals surface area (Å²) in [6.45, 7) is 3.06. The highest BCUT2D eigenvalue weighted by atomic mass is 15.3. The van der Waals surface area contributed by atoms with Crippen LogP contribution in [0.4, 0.5) is 0 Å². The highest BCUT2D eigenvalue weighted by Crippen LogP contribution is 2.27. The van der Waals surface area contributed by atoms with Crippen molar-refractivity contribution in [2.75, 3.05) is 13.1 Å². The van der Waals surface area contributed by atoms with Gasteiger partial charge in [-0.15, -0.1) is 0 Å². The van der Waals surface area contributed by atoms with E-state index >= 15 is 0 Å². The number of aryl methyl sites for hydroxylation is 1. The molecule has 0 spiro atoms. The second kappa shape index (κ2) is 6.08. The minimum absolute atomic E-state index is 0.560. The van der Waals surface area contributed by atoms with Gasteiger partial charge in [0.1, 0.15) is 0 Å². The van der Waals surface area contributed by atoms with Crippen LogP contribution in [0.2, 0.25) is 0 Å². The third-order valence-electron chi connectivity index (χ3n) is 4.67. The molecular weight excluding hydrogens is 286 g/mol. The van der Waals surface area contributed by atoms with Crippen molar-refractivity contribution in [2.45, 2.75) is 25.3 Å². The Kier molecular flexibility index (Phi) is 3.79. The third-order valence-corrected chi connectivity index (χ3v) is 4.67. The van der Waals surface area contributed by atoms with Gasteiger partial charge in [0.25, 0.3) is 0 Å². The number of likely N-dealkylation sites (tertiary alicyclic amines) is 1. The van der Waals surface area contributed by atoms with Crippen LogP contribution in [0.3, 0.4) is 0 Å². The van der Waals surface area contributed by atoms with Crippen molar-refractivity contribution in [1.29, 1.82) is 0 Å². The molecule has 1 aliphatic rings. The van der Waals surface area contributed by atoms with Crippen molar-refractivity contribution >= 4 is 11.0 Å². The highest BCUT2D eigenvalue weighted by Gasteiger charge is 2.23. The maximum absolute atomic E-state index is 4.75. The first-order valence-corrected chi connectivity index (χ1v) is 8.20. The number of hydrogen-bond acceptors (Lipinski definition) is 4. The number of nitrogens with zero attached hydrogens (tertiary/aromatic N) is 5. The maximum atomic E-state index is 4.75. The number of benzene rings is 1. The molecule has 0 radical (unpaired) electrons. The first kappa shape index (κ1) is 14.3. The molecule has 1 saturated heterocycles. The Morgan fingerprint density at radius 1 is 1.17 bits per heavy atom. The number of para-hydroxylation sites is 2. The van der Waals surface area contributed by atoms with Gasteiger partial charge in [0.15, 0.2) is 0 Å². The van der Waals surface area contributed by atoms with Crippen LogP contribution in [-0.2, 0) is 13.6 Å². The molecule has 0 bridgehead atoms. The normalized spacial score (nSPS) is 19.3. The molecule has 1 aliphatic heterocycles. The van der Waals surface area contributed by atoms with E-state index in [2.05, 4.69) is 21.0 Å². The van der Waals surface area contributed by atoms with E-state index in [1.54, 1.807) is 0 Å². The quantitative estimate of drug-likeness (QED) is 0.746. The van der Waals surface area contributed by atoms with Crippen LogP contribution in [0.25, 0.3) is 11.0 Å². The van der Waals surface area contributed by atoms with Crippen molar-refractivity contribution in [3.8, 4) is 0 Å². The fourth-order valence-corrected chi connectivity index (χ4v) is 3.53. The van der Waals surface area contributed by atoms with Crippen molar-refractivity contribution in [3.05, 3.63) is 54.1 Å². The Morgan fingerprint density at radius 2 is 2.04 bits per heavy atom. The summed E-state index contributed by atoms with van der Waals surface area (Å²) < 4.78 is 2.00. The van der Waals surface area contributed by atoms with Gasteiger partial charge in [-0.3, -0.25) is 14.6 Å². The fourth-order valence-electron chi connectivity index (χ4n) is 3.53. The lowest BCUT2D eigenvalue weighted by atomic mass is 9.94. The monoisotopic (exact) mass is 307 g/mol. The molecule has 1 unspecified atom stereocenters. The summed E-state index contributed by atoms with van der Waals surface area (Å²) in [4.78, 5) is 11.8. The van der Waals surface area contributed by atoms with E-state index in [0.717, 1.165) is 36.4 Å². The van der Waals surface area contributed by atoms with Gasteiger partial charge >= 0.3 is 0 Å². The van der Waals surface area contributed by atoms with Gasteiger partial charge in [-0.25, -0.2) is 4.98 Å². The van der Waals surface area contributed by atoms with Crippen LogP contribution in [0.5, 0.6) is 0 Å². The summed E-state index contributed by atoms with van der Waals surface area (Å²) in [5, 5.41) is 4.31. The van der Waals surface area contributed by atoms with Gasteiger partial charge in [-0.2, -0.15) is 5.10 Å². The zero-order valence-electron chi connectivity index (χ0n) is 13.4. The van der Waals surface area contributed by atoms with Crippen LogP contribution in [0.1, 0.15) is 30.1 Å². The molecule has 3 heterocycles. The number of hydrogen-bond donors (Lipinski definition) is 0. The predicted octanol–water partition coefficient (Wildman–Crippen LogP) is 2.74. The molecule has 2 aromatic heterocycles. The average Bonchev–Trinajstić information content (AvgIpc) is 3.01. The molecule has 0 N–H and O–H groups in total. The summed E-state index contributed by atoms with van der Waals surface area (Å²) in [7, 11) is 2.03. The Morgan fingerprint density at radius 3 is 2.87 bits per heavy atom. The lowest BCUT2D eigenvalue weighted by molar-refractivity contribution is 0.194. The van der Waals surface area contributed by atoms with E-state index in [-0.39, 0.29) is 0 Å². The molecule has 5 nitrogen and oxygen atoms in total. The molecule has 118 valence electrons. The van der Waals surface area contributed by atoms with E-state index in [0.29, 0.717) is 5.92 Å². The lowest BCUT2D eigenvalue weighted by Gasteiger charge is -2.32. The van der Waals surface area contributed by atoms with E-state index in [1.807, 2.05) is 48.4 Å². The number of rotatable bonds is 3. The SMILES string of the molecule is Cn1nccc1C1CCCN(Cc2cnc3ccccc3n2)C1. The molecule has 0 aliphatic carbocycles. The molecular formula is C18H21N5. The Hall–Kier alpha value is -2.27. The molecule has 4 rings (SSSR count). The highest BCUT2D eigenvalue weighted by molar-refractivity contribution is 5.73. The average molecular weight is 307 g/mol. The molecule has 0 amide bonds. The smallest absolute Gasteiger partial charge is 0.0890 e. The van der Waals surface area contributed by atoms with Crippen molar-refractivity contribution in [3.63, 3.8) is 0 Å². The molecule has 23 heavy (non-hydrogen) atoms. The van der Waals surface area contributed by atoms with Crippen LogP contribution in [0.15, 0.2) is 42.7 Å². The van der Waals surface area contributed by atoms with Crippen molar-refractivity contribution in [2.24, 2.45) is 7.05 Å². The molecule has 0 saturated carbocycles. The molecule has 1 aromatic carbocycles. The summed E-state index contributed by atoms with van der Waals surface area (Å²) in [5.41, 5.74) is 4.32. The molecule has 1 fully saturated rings. The topological polar surface area (TPSA) is 46.8 Å². The second-order valence-electron chi connectivity index (χ2n) is 6.30. The van der Waals surface area contributed by atoms with Gasteiger partial charge in [0, 0.05) is 37.9 Å². The van der Waals surface area contributed by atoms with Gasteiger partial charge in [0.05, 0.1) is 22.9 Å². The molecule has 5 heteroatoms. The van der Waals surface area contributed by atoms with E-state index in [4.69, 9.17) is 4.98 Å². The Bertz CT molecular complexity index is 810. The summed E-state index contributed by atoms with van der Waals surface area (Å²) in [6, 6.07) is 10.2. The van der Waals surface area contributed by atoms with Crippen LogP contribution in [0, 0.1) is 0 Å². The number of aromatic nitrogens is 4. The minimum atomic E-state index is 0.560. The first-order chi connectivity index (χ1) is 11.3. The van der Waals surface area contributed by atoms with Crippen LogP contribution in [-0.4, -0.2) is 37.7 Å². The zero-order chi connectivity index (χ0) is 15.6. The van der Waals surface area contributed by atoms with Gasteiger partial charge in [-0.05, 0) is 37.6 Å². The zero-order valence-corrected chi connectivity index (χ0v) is 13.4.